The number of halogens is 1. The highest BCUT2D eigenvalue weighted by Gasteiger charge is 2.22. The number of hydrogen-bond acceptors (Lipinski definition) is 5. The molecule has 0 amide bonds. The molecule has 1 unspecified atom stereocenters. The van der Waals surface area contributed by atoms with Crippen LogP contribution in [0.5, 0.6) is 0 Å². The van der Waals surface area contributed by atoms with Gasteiger partial charge in [0.05, 0.1) is 36.7 Å². The van der Waals surface area contributed by atoms with Crippen molar-refractivity contribution in [1.29, 1.82) is 0 Å². The normalized spacial score (nSPS) is 18.0. The molecule has 0 radical (unpaired) electrons. The predicted octanol–water partition coefficient (Wildman–Crippen LogP) is 1.75. The lowest BCUT2D eigenvalue weighted by Gasteiger charge is -2.27. The van der Waals surface area contributed by atoms with E-state index in [9.17, 15) is 4.79 Å². The molecular weight excluding hydrogens is 282 g/mol. The Bertz CT molecular complexity index is 652. The van der Waals surface area contributed by atoms with Crippen molar-refractivity contribution >= 4 is 28.7 Å². The van der Waals surface area contributed by atoms with Gasteiger partial charge in [-0.05, 0) is 12.5 Å². The lowest BCUT2D eigenvalue weighted by Crippen LogP contribution is -2.31. The lowest BCUT2D eigenvalue weighted by molar-refractivity contribution is -0.0589. The number of hydrogen-bond donors (Lipinski definition) is 0. The second-order valence-corrected chi connectivity index (χ2v) is 4.88. The summed E-state index contributed by atoms with van der Waals surface area (Å²) in [5.41, 5.74) is 1.75. The van der Waals surface area contributed by atoms with Crippen LogP contribution in [-0.4, -0.2) is 40.3 Å². The summed E-state index contributed by atoms with van der Waals surface area (Å²) in [6, 6.07) is 1.73. The van der Waals surface area contributed by atoms with Gasteiger partial charge in [0.1, 0.15) is 5.82 Å². The molecular formula is C13H14ClN3O3. The highest BCUT2D eigenvalue weighted by atomic mass is 35.5. The summed E-state index contributed by atoms with van der Waals surface area (Å²) in [4.78, 5) is 20.2. The summed E-state index contributed by atoms with van der Waals surface area (Å²) in [7, 11) is 1.34. The van der Waals surface area contributed by atoms with E-state index < -0.39 is 5.97 Å². The summed E-state index contributed by atoms with van der Waals surface area (Å²) in [5, 5.41) is 0. The number of aromatic nitrogens is 3. The Morgan fingerprint density at radius 3 is 3.05 bits per heavy atom. The molecule has 0 aliphatic carbocycles. The third kappa shape index (κ3) is 2.25. The zero-order valence-corrected chi connectivity index (χ0v) is 11.8. The molecule has 1 aliphatic rings. The number of rotatable bonds is 4. The molecule has 6 nitrogen and oxygen atoms in total. The minimum Gasteiger partial charge on any atom is -0.465 e. The number of ether oxygens (including phenoxy) is 2. The molecule has 1 fully saturated rings. The molecule has 1 saturated heterocycles. The minimum atomic E-state index is -0.417. The van der Waals surface area contributed by atoms with E-state index in [0.717, 1.165) is 24.4 Å². The number of alkyl halides is 1. The van der Waals surface area contributed by atoms with Gasteiger partial charge in [-0.25, -0.2) is 14.8 Å². The van der Waals surface area contributed by atoms with Crippen LogP contribution >= 0.6 is 11.6 Å². The van der Waals surface area contributed by atoms with Gasteiger partial charge in [0, 0.05) is 12.8 Å². The Hall–Kier alpha value is -1.66. The van der Waals surface area contributed by atoms with E-state index in [1.54, 1.807) is 6.07 Å². The standard InChI is InChI=1S/C13H14ClN3O3/c1-19-13(18)8-4-10-12(15-6-8)16-11(5-14)17(10)7-9-2-3-20-9/h4,6,9H,2-3,5,7H2,1H3. The second-order valence-electron chi connectivity index (χ2n) is 4.61. The Kier molecular flexibility index (Phi) is 3.58. The molecule has 1 aliphatic heterocycles. The van der Waals surface area contributed by atoms with Crippen molar-refractivity contribution < 1.29 is 14.3 Å². The highest BCUT2D eigenvalue weighted by molar-refractivity contribution is 6.16. The molecule has 1 atom stereocenters. The zero-order chi connectivity index (χ0) is 14.1. The molecule has 0 spiro atoms. The van der Waals surface area contributed by atoms with E-state index in [0.29, 0.717) is 17.8 Å². The van der Waals surface area contributed by atoms with Crippen LogP contribution in [0.1, 0.15) is 22.6 Å². The maximum absolute atomic E-state index is 11.6. The molecule has 2 aromatic heterocycles. The number of fused-ring (bicyclic) bond motifs is 1. The molecule has 7 heteroatoms. The maximum Gasteiger partial charge on any atom is 0.339 e. The van der Waals surface area contributed by atoms with E-state index in [1.165, 1.54) is 13.3 Å². The van der Waals surface area contributed by atoms with Gasteiger partial charge < -0.3 is 14.0 Å². The number of methoxy groups -OCH3 is 1. The quantitative estimate of drug-likeness (QED) is 0.635. The van der Waals surface area contributed by atoms with E-state index in [2.05, 4.69) is 9.97 Å². The van der Waals surface area contributed by atoms with Gasteiger partial charge in [0.2, 0.25) is 0 Å². The first-order chi connectivity index (χ1) is 9.72. The number of esters is 1. The fraction of sp³-hybridized carbons (Fsp3) is 0.462. The summed E-state index contributed by atoms with van der Waals surface area (Å²) in [6.07, 6.45) is 2.66. The molecule has 106 valence electrons. The monoisotopic (exact) mass is 295 g/mol. The average Bonchev–Trinajstić information content (AvgIpc) is 2.78. The van der Waals surface area contributed by atoms with Crippen LogP contribution in [0.3, 0.4) is 0 Å². The van der Waals surface area contributed by atoms with Gasteiger partial charge in [0.25, 0.3) is 0 Å². The highest BCUT2D eigenvalue weighted by Crippen LogP contribution is 2.21. The number of nitrogens with zero attached hydrogens (tertiary/aromatic N) is 3. The second kappa shape index (κ2) is 5.38. The van der Waals surface area contributed by atoms with E-state index >= 15 is 0 Å². The van der Waals surface area contributed by atoms with Crippen molar-refractivity contribution in [2.24, 2.45) is 0 Å². The largest absolute Gasteiger partial charge is 0.465 e. The Morgan fingerprint density at radius 1 is 1.65 bits per heavy atom. The smallest absolute Gasteiger partial charge is 0.339 e. The first-order valence-electron chi connectivity index (χ1n) is 6.34. The first kappa shape index (κ1) is 13.3. The van der Waals surface area contributed by atoms with Crippen LogP contribution in [0.2, 0.25) is 0 Å². The molecule has 3 rings (SSSR count). The maximum atomic E-state index is 11.6. The Morgan fingerprint density at radius 2 is 2.45 bits per heavy atom. The van der Waals surface area contributed by atoms with Gasteiger partial charge in [-0.15, -0.1) is 11.6 Å². The predicted molar refractivity (Wildman–Crippen MR) is 72.8 cm³/mol. The van der Waals surface area contributed by atoms with E-state index in [1.807, 2.05) is 4.57 Å². The molecule has 0 N–H and O–H groups in total. The van der Waals surface area contributed by atoms with Gasteiger partial charge in [-0.2, -0.15) is 0 Å². The van der Waals surface area contributed by atoms with Crippen LogP contribution in [0.25, 0.3) is 11.2 Å². The Balaban J connectivity index is 2.05. The van der Waals surface area contributed by atoms with Gasteiger partial charge in [-0.1, -0.05) is 0 Å². The van der Waals surface area contributed by atoms with Crippen LogP contribution in [-0.2, 0) is 21.9 Å². The van der Waals surface area contributed by atoms with Gasteiger partial charge in [0.15, 0.2) is 5.65 Å². The third-order valence-corrected chi connectivity index (χ3v) is 3.64. The van der Waals surface area contributed by atoms with Crippen molar-refractivity contribution in [3.8, 4) is 0 Å². The summed E-state index contributed by atoms with van der Waals surface area (Å²) in [5.74, 6) is 0.600. The zero-order valence-electron chi connectivity index (χ0n) is 11.0. The Labute approximate surface area is 120 Å². The minimum absolute atomic E-state index is 0.177. The average molecular weight is 296 g/mol. The first-order valence-corrected chi connectivity index (χ1v) is 6.87. The van der Waals surface area contributed by atoms with Gasteiger partial charge in [-0.3, -0.25) is 0 Å². The van der Waals surface area contributed by atoms with Crippen molar-refractivity contribution in [2.75, 3.05) is 13.7 Å². The number of carbonyl (C=O) groups excluding carboxylic acids is 1. The van der Waals surface area contributed by atoms with Crippen LogP contribution in [0, 0.1) is 0 Å². The summed E-state index contributed by atoms with van der Waals surface area (Å²) < 4.78 is 12.1. The van der Waals surface area contributed by atoms with Crippen molar-refractivity contribution in [3.63, 3.8) is 0 Å². The third-order valence-electron chi connectivity index (χ3n) is 3.40. The fourth-order valence-electron chi connectivity index (χ4n) is 2.22. The van der Waals surface area contributed by atoms with Crippen LogP contribution < -0.4 is 0 Å². The van der Waals surface area contributed by atoms with Crippen molar-refractivity contribution in [1.82, 2.24) is 14.5 Å². The van der Waals surface area contributed by atoms with E-state index in [4.69, 9.17) is 21.1 Å². The number of carbonyl (C=O) groups is 1. The molecule has 3 heterocycles. The number of imidazole rings is 1. The van der Waals surface area contributed by atoms with Gasteiger partial charge >= 0.3 is 5.97 Å². The molecule has 0 bridgehead atoms. The lowest BCUT2D eigenvalue weighted by atomic mass is 10.2. The molecule has 0 aromatic carbocycles. The molecule has 20 heavy (non-hydrogen) atoms. The van der Waals surface area contributed by atoms with Crippen molar-refractivity contribution in [3.05, 3.63) is 23.7 Å². The molecule has 2 aromatic rings. The summed E-state index contributed by atoms with van der Waals surface area (Å²) in [6.45, 7) is 1.46. The van der Waals surface area contributed by atoms with Crippen LogP contribution in [0.4, 0.5) is 0 Å². The van der Waals surface area contributed by atoms with Crippen LogP contribution in [0.15, 0.2) is 12.3 Å². The molecule has 0 saturated carbocycles. The number of pyridine rings is 1. The fourth-order valence-corrected chi connectivity index (χ4v) is 2.42. The van der Waals surface area contributed by atoms with Crippen molar-refractivity contribution in [2.45, 2.75) is 24.9 Å². The summed E-state index contributed by atoms with van der Waals surface area (Å²) >= 11 is 5.93. The topological polar surface area (TPSA) is 66.2 Å². The van der Waals surface area contributed by atoms with E-state index in [-0.39, 0.29) is 12.0 Å². The SMILES string of the molecule is COC(=O)c1cnc2nc(CCl)n(CC3CCO3)c2c1.